The van der Waals surface area contributed by atoms with Crippen molar-refractivity contribution in [1.29, 1.82) is 0 Å². The fourth-order valence-corrected chi connectivity index (χ4v) is 7.68. The highest BCUT2D eigenvalue weighted by atomic mass is 16.7. The van der Waals surface area contributed by atoms with Gasteiger partial charge in [-0.2, -0.15) is 0 Å². The lowest BCUT2D eigenvalue weighted by Crippen LogP contribution is -2.59. The molecule has 2 N–H and O–H groups in total. The summed E-state index contributed by atoms with van der Waals surface area (Å²) in [6.07, 6.45) is 11.6. The van der Waals surface area contributed by atoms with E-state index in [1.165, 1.54) is 5.57 Å². The van der Waals surface area contributed by atoms with Crippen LogP contribution in [0.4, 0.5) is 0 Å². The SMILES string of the molecule is C/C=C(\C)[C@H]1O[C@@]2(C[C@@H]3C[C@@H](CC=C(C)C[C@@H](C)C=CC=C4CO[C@@H]5[C@H](OC)C(C)=C[C@@H](C(=O)O3)[C@]45O)O2)C[C@H](O)[C@@H]1C. The molecular formula is C35H50O8. The number of methoxy groups -OCH3 is 1. The molecule has 1 spiro atoms. The summed E-state index contributed by atoms with van der Waals surface area (Å²) in [4.78, 5) is 14.1. The van der Waals surface area contributed by atoms with Crippen molar-refractivity contribution in [2.24, 2.45) is 17.8 Å². The first kappa shape index (κ1) is 32.3. The second-order valence-corrected chi connectivity index (χ2v) is 13.5. The summed E-state index contributed by atoms with van der Waals surface area (Å²) in [6, 6.07) is 0. The Kier molecular flexibility index (Phi) is 9.58. The van der Waals surface area contributed by atoms with E-state index in [4.69, 9.17) is 23.7 Å². The van der Waals surface area contributed by atoms with Gasteiger partial charge in [0.2, 0.25) is 0 Å². The van der Waals surface area contributed by atoms with Crippen molar-refractivity contribution in [2.75, 3.05) is 13.7 Å². The maximum absolute atomic E-state index is 14.1. The fraction of sp³-hybridized carbons (Fsp3) is 0.686. The average Bonchev–Trinajstić information content (AvgIpc) is 3.29. The summed E-state index contributed by atoms with van der Waals surface area (Å²) < 4.78 is 31.5. The highest BCUT2D eigenvalue weighted by molar-refractivity contribution is 5.78. The Bertz CT molecular complexity index is 1210. The van der Waals surface area contributed by atoms with Crippen molar-refractivity contribution < 1.29 is 38.7 Å². The zero-order chi connectivity index (χ0) is 31.1. The van der Waals surface area contributed by atoms with Crippen LogP contribution in [0.25, 0.3) is 0 Å². The first-order valence-electron chi connectivity index (χ1n) is 15.9. The van der Waals surface area contributed by atoms with E-state index in [2.05, 4.69) is 26.0 Å². The van der Waals surface area contributed by atoms with E-state index in [1.807, 2.05) is 45.9 Å². The van der Waals surface area contributed by atoms with Gasteiger partial charge in [0.05, 0.1) is 24.9 Å². The Hall–Kier alpha value is -2.07. The standard InChI is InChI=1S/C35H50O8/c1-8-22(4)30-24(6)29(36)18-34(43-30)17-27-16-26(42-34)13-12-21(3)14-20(2)10-9-11-25-19-40-32-31(39-7)23(5)15-28(33(37)41-27)35(25,32)38/h8-12,15,20,24,26-32,36,38H,13-14,16-19H2,1-7H3/b10-9?,21-12?,22-8+,25-11?/t20-,24-,26+,27-,28-,29-,30+,31+,32+,34-,35+/m0/s1. The Morgan fingerprint density at radius 2 is 1.93 bits per heavy atom. The monoisotopic (exact) mass is 598 g/mol. The van der Waals surface area contributed by atoms with Crippen LogP contribution in [-0.4, -0.2) is 77.9 Å². The van der Waals surface area contributed by atoms with Gasteiger partial charge < -0.3 is 33.9 Å². The zero-order valence-electron chi connectivity index (χ0n) is 26.7. The molecule has 0 aromatic rings. The molecule has 2 bridgehead atoms. The lowest BCUT2D eigenvalue weighted by Gasteiger charge is -2.51. The number of allylic oxidation sites excluding steroid dienone is 5. The number of hydrogen-bond acceptors (Lipinski definition) is 8. The number of aliphatic hydroxyl groups is 2. The maximum Gasteiger partial charge on any atom is 0.316 e. The van der Waals surface area contributed by atoms with Gasteiger partial charge in [-0.1, -0.05) is 55.9 Å². The summed E-state index contributed by atoms with van der Waals surface area (Å²) in [5.74, 6) is -2.41. The molecule has 0 saturated carbocycles. The normalized spacial score (nSPS) is 44.3. The summed E-state index contributed by atoms with van der Waals surface area (Å²) in [5.41, 5.74) is 2.11. The quantitative estimate of drug-likeness (QED) is 0.334. The van der Waals surface area contributed by atoms with Crippen LogP contribution in [0.2, 0.25) is 0 Å². The highest BCUT2D eigenvalue weighted by Gasteiger charge is 2.60. The van der Waals surface area contributed by atoms with Crippen LogP contribution in [0.1, 0.15) is 73.6 Å². The minimum atomic E-state index is -1.61. The number of ether oxygens (including phenoxy) is 5. The highest BCUT2D eigenvalue weighted by Crippen LogP contribution is 2.48. The van der Waals surface area contributed by atoms with Gasteiger partial charge in [0.15, 0.2) is 5.79 Å². The molecule has 43 heavy (non-hydrogen) atoms. The van der Waals surface area contributed by atoms with Crippen LogP contribution in [0, 0.1) is 17.8 Å². The van der Waals surface area contributed by atoms with Crippen molar-refractivity contribution in [3.8, 4) is 0 Å². The first-order valence-corrected chi connectivity index (χ1v) is 15.9. The average molecular weight is 599 g/mol. The molecule has 1 aliphatic carbocycles. The molecule has 5 rings (SSSR count). The van der Waals surface area contributed by atoms with Gasteiger partial charge in [-0.15, -0.1) is 0 Å². The van der Waals surface area contributed by atoms with E-state index in [1.54, 1.807) is 13.2 Å². The van der Waals surface area contributed by atoms with E-state index in [0.29, 0.717) is 31.3 Å². The van der Waals surface area contributed by atoms with Gasteiger partial charge in [-0.25, -0.2) is 0 Å². The van der Waals surface area contributed by atoms with Gasteiger partial charge in [0, 0.05) is 32.3 Å². The number of aliphatic hydroxyl groups excluding tert-OH is 1. The van der Waals surface area contributed by atoms with E-state index in [0.717, 1.165) is 17.6 Å². The van der Waals surface area contributed by atoms with Crippen molar-refractivity contribution in [3.63, 3.8) is 0 Å². The van der Waals surface area contributed by atoms with Gasteiger partial charge >= 0.3 is 5.97 Å². The third-order valence-electron chi connectivity index (χ3n) is 10.2. The zero-order valence-corrected chi connectivity index (χ0v) is 26.7. The number of carbonyl (C=O) groups excluding carboxylic acids is 1. The number of esters is 1. The van der Waals surface area contributed by atoms with Crippen molar-refractivity contribution in [2.45, 2.75) is 122 Å². The molecule has 11 atom stereocenters. The third kappa shape index (κ3) is 6.24. The number of carbonyl (C=O) groups is 1. The fourth-order valence-electron chi connectivity index (χ4n) is 7.68. The van der Waals surface area contributed by atoms with Gasteiger partial charge in [-0.3, -0.25) is 4.79 Å². The minimum absolute atomic E-state index is 0.100. The van der Waals surface area contributed by atoms with E-state index < -0.39 is 47.7 Å². The van der Waals surface area contributed by atoms with Gasteiger partial charge in [-0.05, 0) is 63.2 Å². The van der Waals surface area contributed by atoms with Crippen LogP contribution < -0.4 is 0 Å². The lowest BCUT2D eigenvalue weighted by molar-refractivity contribution is -0.342. The van der Waals surface area contributed by atoms with E-state index in [-0.39, 0.29) is 30.7 Å². The minimum Gasteiger partial charge on any atom is -0.462 e. The molecule has 0 aromatic carbocycles. The predicted molar refractivity (Wildman–Crippen MR) is 163 cm³/mol. The molecular weight excluding hydrogens is 548 g/mol. The summed E-state index contributed by atoms with van der Waals surface area (Å²) in [7, 11) is 1.59. The van der Waals surface area contributed by atoms with Gasteiger partial charge in [0.25, 0.3) is 0 Å². The summed E-state index contributed by atoms with van der Waals surface area (Å²) in [6.45, 7) is 12.3. The topological polar surface area (TPSA) is 104 Å². The van der Waals surface area contributed by atoms with Crippen LogP contribution in [0.15, 0.2) is 58.7 Å². The van der Waals surface area contributed by atoms with Crippen LogP contribution in [-0.2, 0) is 28.5 Å². The molecule has 238 valence electrons. The second-order valence-electron chi connectivity index (χ2n) is 13.5. The molecule has 4 heterocycles. The molecule has 0 unspecified atom stereocenters. The first-order chi connectivity index (χ1) is 20.4. The molecule has 5 aliphatic rings. The van der Waals surface area contributed by atoms with Crippen LogP contribution in [0.5, 0.6) is 0 Å². The molecule has 4 aliphatic heterocycles. The Balaban J connectivity index is 1.54. The molecule has 8 heteroatoms. The largest absolute Gasteiger partial charge is 0.462 e. The molecule has 3 saturated heterocycles. The van der Waals surface area contributed by atoms with Crippen LogP contribution in [0.3, 0.4) is 0 Å². The Morgan fingerprint density at radius 1 is 1.16 bits per heavy atom. The number of fused-ring (bicyclic) bond motifs is 2. The predicted octanol–water partition coefficient (Wildman–Crippen LogP) is 5.11. The number of hydrogen-bond donors (Lipinski definition) is 2. The van der Waals surface area contributed by atoms with Gasteiger partial charge in [0.1, 0.15) is 29.8 Å². The maximum atomic E-state index is 14.1. The van der Waals surface area contributed by atoms with E-state index in [9.17, 15) is 15.0 Å². The summed E-state index contributed by atoms with van der Waals surface area (Å²) >= 11 is 0. The second kappa shape index (κ2) is 12.7. The lowest BCUT2D eigenvalue weighted by atomic mass is 9.70. The van der Waals surface area contributed by atoms with Crippen molar-refractivity contribution in [1.82, 2.24) is 0 Å². The van der Waals surface area contributed by atoms with Crippen molar-refractivity contribution >= 4 is 5.97 Å². The molecule has 3 fully saturated rings. The summed E-state index contributed by atoms with van der Waals surface area (Å²) in [5, 5.41) is 23.5. The van der Waals surface area contributed by atoms with E-state index >= 15 is 0 Å². The number of rotatable bonds is 2. The molecule has 0 aromatic heterocycles. The Labute approximate surface area is 256 Å². The van der Waals surface area contributed by atoms with Crippen LogP contribution >= 0.6 is 0 Å². The molecule has 0 amide bonds. The smallest absolute Gasteiger partial charge is 0.316 e. The third-order valence-corrected chi connectivity index (χ3v) is 10.2. The van der Waals surface area contributed by atoms with Crippen molar-refractivity contribution in [3.05, 3.63) is 58.7 Å². The molecule has 8 nitrogen and oxygen atoms in total. The Morgan fingerprint density at radius 3 is 2.65 bits per heavy atom. The molecule has 0 radical (unpaired) electrons.